The second-order valence-electron chi connectivity index (χ2n) is 10.7. The molecule has 1 atom stereocenters. The fourth-order valence-corrected chi connectivity index (χ4v) is 4.20. The zero-order valence-electron chi connectivity index (χ0n) is 23.7. The van der Waals surface area contributed by atoms with Crippen molar-refractivity contribution in [2.45, 2.75) is 86.3 Å². The molecule has 2 N–H and O–H groups in total. The number of benzene rings is 2. The van der Waals surface area contributed by atoms with Crippen LogP contribution in [0.15, 0.2) is 36.4 Å². The predicted molar refractivity (Wildman–Crippen MR) is 149 cm³/mol. The first kappa shape index (κ1) is 29.9. The van der Waals surface area contributed by atoms with Gasteiger partial charge < -0.3 is 20.3 Å². The molecule has 0 aliphatic heterocycles. The largest absolute Gasteiger partial charge is 0.444 e. The molecule has 202 valence electrons. The zero-order chi connectivity index (χ0) is 27.8. The Morgan fingerprint density at radius 3 is 2.19 bits per heavy atom. The summed E-state index contributed by atoms with van der Waals surface area (Å²) in [6.07, 6.45) is 1.97. The third-order valence-electron chi connectivity index (χ3n) is 6.12. The standard InChI is InChI=1S/C30H43N3O4/c1-9-10-11-17-33(25(34)19-31-29(36)37-30(6,7)8)27(24-18-20(2)15-16-21(24)3)28(35)32-26-22(4)13-12-14-23(26)5/h12-16,18,27H,9-11,17,19H2,1-8H3,(H,31,36)(H,32,35). The van der Waals surface area contributed by atoms with E-state index in [-0.39, 0.29) is 18.4 Å². The second-order valence-corrected chi connectivity index (χ2v) is 10.7. The molecule has 7 heteroatoms. The Balaban J connectivity index is 2.47. The van der Waals surface area contributed by atoms with Gasteiger partial charge in [-0.2, -0.15) is 0 Å². The summed E-state index contributed by atoms with van der Waals surface area (Å²) in [6, 6.07) is 10.9. The molecule has 2 aromatic carbocycles. The fourth-order valence-electron chi connectivity index (χ4n) is 4.20. The number of nitrogens with zero attached hydrogens (tertiary/aromatic N) is 1. The van der Waals surface area contributed by atoms with E-state index in [1.165, 1.54) is 0 Å². The van der Waals surface area contributed by atoms with Crippen molar-refractivity contribution in [1.29, 1.82) is 0 Å². The third kappa shape index (κ3) is 8.92. The molecule has 3 amide bonds. The lowest BCUT2D eigenvalue weighted by molar-refractivity contribution is -0.138. The molecule has 0 saturated heterocycles. The van der Waals surface area contributed by atoms with Crippen LogP contribution in [0.4, 0.5) is 10.5 Å². The molecule has 7 nitrogen and oxygen atoms in total. The van der Waals surface area contributed by atoms with E-state index in [4.69, 9.17) is 4.74 Å². The van der Waals surface area contributed by atoms with Crippen LogP contribution >= 0.6 is 0 Å². The van der Waals surface area contributed by atoms with Gasteiger partial charge in [-0.3, -0.25) is 9.59 Å². The van der Waals surface area contributed by atoms with Crippen molar-refractivity contribution in [3.8, 4) is 0 Å². The number of hydrogen-bond acceptors (Lipinski definition) is 4. The maximum atomic E-state index is 14.0. The summed E-state index contributed by atoms with van der Waals surface area (Å²) in [4.78, 5) is 41.4. The molecular formula is C30H43N3O4. The maximum absolute atomic E-state index is 14.0. The molecule has 2 rings (SSSR count). The van der Waals surface area contributed by atoms with Crippen LogP contribution in [0.2, 0.25) is 0 Å². The summed E-state index contributed by atoms with van der Waals surface area (Å²) < 4.78 is 5.30. The highest BCUT2D eigenvalue weighted by Crippen LogP contribution is 2.29. The molecule has 0 radical (unpaired) electrons. The number of carbonyl (C=O) groups excluding carboxylic acids is 3. The quantitative estimate of drug-likeness (QED) is 0.376. The number of hydrogen-bond donors (Lipinski definition) is 2. The van der Waals surface area contributed by atoms with Crippen molar-refractivity contribution >= 4 is 23.6 Å². The highest BCUT2D eigenvalue weighted by molar-refractivity contribution is 5.99. The maximum Gasteiger partial charge on any atom is 0.408 e. The Hall–Kier alpha value is -3.35. The molecule has 2 aromatic rings. The van der Waals surface area contributed by atoms with Gasteiger partial charge in [-0.25, -0.2) is 4.79 Å². The normalized spacial score (nSPS) is 12.0. The summed E-state index contributed by atoms with van der Waals surface area (Å²) in [5.41, 5.74) is 4.65. The van der Waals surface area contributed by atoms with Crippen LogP contribution in [-0.4, -0.2) is 41.5 Å². The van der Waals surface area contributed by atoms with Gasteiger partial charge in [0, 0.05) is 12.2 Å². The number of para-hydroxylation sites is 1. The summed E-state index contributed by atoms with van der Waals surface area (Å²) >= 11 is 0. The molecule has 0 aromatic heterocycles. The number of carbonyl (C=O) groups is 3. The third-order valence-corrected chi connectivity index (χ3v) is 6.12. The summed E-state index contributed by atoms with van der Waals surface area (Å²) in [6.45, 7) is 15.3. The van der Waals surface area contributed by atoms with Gasteiger partial charge in [0.2, 0.25) is 5.91 Å². The molecule has 0 aliphatic rings. The van der Waals surface area contributed by atoms with Gasteiger partial charge in [-0.1, -0.05) is 61.7 Å². The molecule has 0 bridgehead atoms. The first-order chi connectivity index (χ1) is 17.3. The predicted octanol–water partition coefficient (Wildman–Crippen LogP) is 6.14. The van der Waals surface area contributed by atoms with Gasteiger partial charge >= 0.3 is 6.09 Å². The highest BCUT2D eigenvalue weighted by Gasteiger charge is 2.33. The molecule has 0 spiro atoms. The van der Waals surface area contributed by atoms with Crippen LogP contribution in [0.25, 0.3) is 0 Å². The number of aryl methyl sites for hydroxylation is 4. The molecule has 0 heterocycles. The van der Waals surface area contributed by atoms with Crippen LogP contribution < -0.4 is 10.6 Å². The van der Waals surface area contributed by atoms with Gasteiger partial charge in [0.1, 0.15) is 18.2 Å². The van der Waals surface area contributed by atoms with Crippen LogP contribution in [0.3, 0.4) is 0 Å². The SMILES string of the molecule is CCCCCN(C(=O)CNC(=O)OC(C)(C)C)C(C(=O)Nc1c(C)cccc1C)c1cc(C)ccc1C. The van der Waals surface area contributed by atoms with Crippen molar-refractivity contribution in [1.82, 2.24) is 10.2 Å². The van der Waals surface area contributed by atoms with Crippen LogP contribution in [0.1, 0.15) is 80.8 Å². The first-order valence-electron chi connectivity index (χ1n) is 13.0. The van der Waals surface area contributed by atoms with E-state index in [1.807, 2.05) is 64.1 Å². The highest BCUT2D eigenvalue weighted by atomic mass is 16.6. The Morgan fingerprint density at radius 2 is 1.59 bits per heavy atom. The monoisotopic (exact) mass is 509 g/mol. The Kier molecular flexibility index (Phi) is 10.7. The molecule has 37 heavy (non-hydrogen) atoms. The average molecular weight is 510 g/mol. The molecule has 1 unspecified atom stereocenters. The van der Waals surface area contributed by atoms with E-state index in [9.17, 15) is 14.4 Å². The number of alkyl carbamates (subject to hydrolysis) is 1. The van der Waals surface area contributed by atoms with E-state index in [0.717, 1.165) is 52.8 Å². The van der Waals surface area contributed by atoms with Crippen LogP contribution in [0, 0.1) is 27.7 Å². The van der Waals surface area contributed by atoms with Crippen molar-refractivity contribution in [3.05, 3.63) is 64.2 Å². The lowest BCUT2D eigenvalue weighted by atomic mass is 9.96. The molecule has 0 aliphatic carbocycles. The lowest BCUT2D eigenvalue weighted by Crippen LogP contribution is -2.47. The first-order valence-corrected chi connectivity index (χ1v) is 13.0. The topological polar surface area (TPSA) is 87.7 Å². The summed E-state index contributed by atoms with van der Waals surface area (Å²) in [5, 5.41) is 5.67. The van der Waals surface area contributed by atoms with Crippen LogP contribution in [0.5, 0.6) is 0 Å². The number of rotatable bonds is 10. The summed E-state index contributed by atoms with van der Waals surface area (Å²) in [5.74, 6) is -0.627. The van der Waals surface area contributed by atoms with Gasteiger partial charge in [-0.05, 0) is 77.1 Å². The van der Waals surface area contributed by atoms with Gasteiger partial charge in [0.15, 0.2) is 0 Å². The van der Waals surface area contributed by atoms with Crippen molar-refractivity contribution < 1.29 is 19.1 Å². The minimum atomic E-state index is -0.858. The smallest absolute Gasteiger partial charge is 0.408 e. The van der Waals surface area contributed by atoms with Gasteiger partial charge in [0.25, 0.3) is 5.91 Å². The van der Waals surface area contributed by atoms with Crippen molar-refractivity contribution in [2.75, 3.05) is 18.4 Å². The number of ether oxygens (including phenoxy) is 1. The second kappa shape index (κ2) is 13.3. The van der Waals surface area contributed by atoms with E-state index in [0.29, 0.717) is 6.54 Å². The summed E-state index contributed by atoms with van der Waals surface area (Å²) in [7, 11) is 0. The molecular weight excluding hydrogens is 466 g/mol. The van der Waals surface area contributed by atoms with Crippen molar-refractivity contribution in [3.63, 3.8) is 0 Å². The minimum absolute atomic E-state index is 0.265. The van der Waals surface area contributed by atoms with Crippen LogP contribution in [-0.2, 0) is 14.3 Å². The van der Waals surface area contributed by atoms with Crippen molar-refractivity contribution in [2.24, 2.45) is 0 Å². The fraction of sp³-hybridized carbons (Fsp3) is 0.500. The minimum Gasteiger partial charge on any atom is -0.444 e. The Bertz CT molecular complexity index is 1080. The average Bonchev–Trinajstić information content (AvgIpc) is 2.80. The van der Waals surface area contributed by atoms with E-state index in [2.05, 4.69) is 17.6 Å². The Labute approximate surface area is 222 Å². The van der Waals surface area contributed by atoms with Gasteiger partial charge in [-0.15, -0.1) is 0 Å². The zero-order valence-corrected chi connectivity index (χ0v) is 23.7. The van der Waals surface area contributed by atoms with E-state index < -0.39 is 17.7 Å². The number of amides is 3. The van der Waals surface area contributed by atoms with E-state index in [1.54, 1.807) is 25.7 Å². The number of anilines is 1. The lowest BCUT2D eigenvalue weighted by Gasteiger charge is -2.33. The number of nitrogens with one attached hydrogen (secondary N) is 2. The Morgan fingerprint density at radius 1 is 0.946 bits per heavy atom. The number of unbranched alkanes of at least 4 members (excludes halogenated alkanes) is 2. The van der Waals surface area contributed by atoms with E-state index >= 15 is 0 Å². The molecule has 0 saturated carbocycles. The van der Waals surface area contributed by atoms with Gasteiger partial charge in [0.05, 0.1) is 0 Å². The molecule has 0 fully saturated rings.